The number of fused-ring (bicyclic) bond motifs is 2. The monoisotopic (exact) mass is 210 g/mol. The first kappa shape index (κ1) is 10.9. The molecule has 0 aromatic heterocycles. The van der Waals surface area contributed by atoms with E-state index >= 15 is 0 Å². The Kier molecular flexibility index (Phi) is 3.29. The quantitative estimate of drug-likeness (QED) is 0.734. The first-order valence-corrected chi connectivity index (χ1v) is 6.18. The maximum absolute atomic E-state index is 11.7. The van der Waals surface area contributed by atoms with E-state index < -0.39 is 0 Å². The highest BCUT2D eigenvalue weighted by molar-refractivity contribution is 5.76. The smallest absolute Gasteiger partial charge is 0.220 e. The van der Waals surface area contributed by atoms with Crippen LogP contribution < -0.4 is 11.1 Å². The predicted octanol–water partition coefficient (Wildman–Crippen LogP) is 1.28. The highest BCUT2D eigenvalue weighted by Crippen LogP contribution is 2.49. The Morgan fingerprint density at radius 1 is 1.47 bits per heavy atom. The maximum atomic E-state index is 11.7. The number of amides is 1. The number of hydrogen-bond donors (Lipinski definition) is 2. The predicted molar refractivity (Wildman–Crippen MR) is 60.2 cm³/mol. The zero-order valence-corrected chi connectivity index (χ0v) is 9.54. The highest BCUT2D eigenvalue weighted by Gasteiger charge is 2.40. The molecule has 0 spiro atoms. The van der Waals surface area contributed by atoms with Gasteiger partial charge in [-0.25, -0.2) is 0 Å². The Hall–Kier alpha value is -0.570. The molecule has 3 nitrogen and oxygen atoms in total. The Bertz CT molecular complexity index is 242. The Morgan fingerprint density at radius 2 is 2.27 bits per heavy atom. The van der Waals surface area contributed by atoms with Crippen LogP contribution >= 0.6 is 0 Å². The van der Waals surface area contributed by atoms with Gasteiger partial charge in [0.15, 0.2) is 0 Å². The highest BCUT2D eigenvalue weighted by atomic mass is 16.1. The largest absolute Gasteiger partial charge is 0.352 e. The fourth-order valence-corrected chi connectivity index (χ4v) is 3.26. The van der Waals surface area contributed by atoms with E-state index in [1.807, 2.05) is 6.92 Å². The molecule has 0 radical (unpaired) electrons. The van der Waals surface area contributed by atoms with Gasteiger partial charge in [0, 0.05) is 19.0 Å². The lowest BCUT2D eigenvalue weighted by Gasteiger charge is -2.21. The van der Waals surface area contributed by atoms with Gasteiger partial charge in [-0.3, -0.25) is 4.79 Å². The van der Waals surface area contributed by atoms with Crippen molar-refractivity contribution in [1.29, 1.82) is 0 Å². The van der Waals surface area contributed by atoms with Crippen LogP contribution in [0.2, 0.25) is 0 Å². The summed E-state index contributed by atoms with van der Waals surface area (Å²) in [6.45, 7) is 2.49. The van der Waals surface area contributed by atoms with E-state index in [0.29, 0.717) is 12.5 Å². The van der Waals surface area contributed by atoms with Gasteiger partial charge in [-0.15, -0.1) is 0 Å². The third-order valence-corrected chi connectivity index (χ3v) is 4.09. The van der Waals surface area contributed by atoms with E-state index in [2.05, 4.69) is 5.32 Å². The van der Waals surface area contributed by atoms with Gasteiger partial charge < -0.3 is 11.1 Å². The Morgan fingerprint density at radius 3 is 2.80 bits per heavy atom. The van der Waals surface area contributed by atoms with Crippen LogP contribution in [0.15, 0.2) is 0 Å². The molecule has 4 unspecified atom stereocenters. The molecular weight excluding hydrogens is 188 g/mol. The average molecular weight is 210 g/mol. The van der Waals surface area contributed by atoms with Crippen molar-refractivity contribution in [3.05, 3.63) is 0 Å². The van der Waals surface area contributed by atoms with Crippen molar-refractivity contribution in [2.24, 2.45) is 23.5 Å². The first-order valence-electron chi connectivity index (χ1n) is 6.18. The lowest BCUT2D eigenvalue weighted by Crippen LogP contribution is -2.38. The van der Waals surface area contributed by atoms with Crippen molar-refractivity contribution in [2.75, 3.05) is 6.54 Å². The van der Waals surface area contributed by atoms with Gasteiger partial charge in [-0.2, -0.15) is 0 Å². The standard InChI is InChI=1S/C12H22N2O/c1-8(7-13)14-12(15)6-11-5-9-2-3-10(11)4-9/h8-11H,2-7,13H2,1H3,(H,14,15). The third-order valence-electron chi connectivity index (χ3n) is 4.09. The first-order chi connectivity index (χ1) is 7.19. The Labute approximate surface area is 91.8 Å². The second kappa shape index (κ2) is 4.52. The van der Waals surface area contributed by atoms with Crippen LogP contribution in [0.1, 0.15) is 39.0 Å². The summed E-state index contributed by atoms with van der Waals surface area (Å²) in [6, 6.07) is 0.121. The summed E-state index contributed by atoms with van der Waals surface area (Å²) < 4.78 is 0. The normalized spacial score (nSPS) is 35.5. The molecule has 2 fully saturated rings. The van der Waals surface area contributed by atoms with Crippen LogP contribution in [-0.2, 0) is 4.79 Å². The van der Waals surface area contributed by atoms with Crippen LogP contribution in [0.5, 0.6) is 0 Å². The molecule has 2 saturated carbocycles. The van der Waals surface area contributed by atoms with Crippen molar-refractivity contribution < 1.29 is 4.79 Å². The minimum atomic E-state index is 0.121. The van der Waals surface area contributed by atoms with E-state index in [4.69, 9.17) is 5.73 Å². The summed E-state index contributed by atoms with van der Waals surface area (Å²) in [4.78, 5) is 11.7. The molecule has 2 rings (SSSR count). The number of nitrogens with one attached hydrogen (secondary N) is 1. The molecule has 3 N–H and O–H groups in total. The minimum absolute atomic E-state index is 0.121. The van der Waals surface area contributed by atoms with Gasteiger partial charge in [-0.05, 0) is 43.9 Å². The minimum Gasteiger partial charge on any atom is -0.352 e. The van der Waals surface area contributed by atoms with Crippen molar-refractivity contribution >= 4 is 5.91 Å². The van der Waals surface area contributed by atoms with Gasteiger partial charge in [-0.1, -0.05) is 6.42 Å². The summed E-state index contributed by atoms with van der Waals surface area (Å²) in [6.07, 6.45) is 6.15. The van der Waals surface area contributed by atoms with Crippen LogP contribution in [0.25, 0.3) is 0 Å². The summed E-state index contributed by atoms with van der Waals surface area (Å²) in [7, 11) is 0. The topological polar surface area (TPSA) is 55.1 Å². The van der Waals surface area contributed by atoms with E-state index in [0.717, 1.165) is 18.3 Å². The summed E-state index contributed by atoms with van der Waals surface area (Å²) in [5.41, 5.74) is 5.47. The van der Waals surface area contributed by atoms with Crippen LogP contribution in [-0.4, -0.2) is 18.5 Å². The summed E-state index contributed by atoms with van der Waals surface area (Å²) >= 11 is 0. The van der Waals surface area contributed by atoms with Gasteiger partial charge >= 0.3 is 0 Å². The molecule has 2 aliphatic rings. The van der Waals surface area contributed by atoms with Gasteiger partial charge in [0.2, 0.25) is 5.91 Å². The van der Waals surface area contributed by atoms with Gasteiger partial charge in [0.05, 0.1) is 0 Å². The molecule has 0 saturated heterocycles. The second-order valence-corrected chi connectivity index (χ2v) is 5.34. The number of hydrogen-bond acceptors (Lipinski definition) is 2. The molecule has 0 heterocycles. The van der Waals surface area contributed by atoms with E-state index in [9.17, 15) is 4.79 Å². The average Bonchev–Trinajstić information content (AvgIpc) is 2.78. The fraction of sp³-hybridized carbons (Fsp3) is 0.917. The molecule has 86 valence electrons. The van der Waals surface area contributed by atoms with Crippen LogP contribution in [0, 0.1) is 17.8 Å². The van der Waals surface area contributed by atoms with Crippen molar-refractivity contribution in [2.45, 2.75) is 45.1 Å². The lowest BCUT2D eigenvalue weighted by atomic mass is 9.86. The molecule has 4 atom stereocenters. The number of rotatable bonds is 4. The molecule has 0 aliphatic heterocycles. The molecule has 0 aromatic rings. The number of carbonyl (C=O) groups is 1. The zero-order chi connectivity index (χ0) is 10.8. The molecular formula is C12H22N2O. The van der Waals surface area contributed by atoms with E-state index in [-0.39, 0.29) is 11.9 Å². The van der Waals surface area contributed by atoms with E-state index in [1.165, 1.54) is 25.7 Å². The third kappa shape index (κ3) is 2.51. The van der Waals surface area contributed by atoms with Crippen LogP contribution in [0.3, 0.4) is 0 Å². The number of carbonyl (C=O) groups excluding carboxylic acids is 1. The summed E-state index contributed by atoms with van der Waals surface area (Å²) in [5.74, 6) is 2.63. The van der Waals surface area contributed by atoms with Crippen molar-refractivity contribution in [1.82, 2.24) is 5.32 Å². The zero-order valence-electron chi connectivity index (χ0n) is 9.54. The summed E-state index contributed by atoms with van der Waals surface area (Å²) in [5, 5.41) is 2.95. The molecule has 3 heteroatoms. The molecule has 2 aliphatic carbocycles. The second-order valence-electron chi connectivity index (χ2n) is 5.34. The Balaban J connectivity index is 1.75. The van der Waals surface area contributed by atoms with Gasteiger partial charge in [0.1, 0.15) is 0 Å². The molecule has 15 heavy (non-hydrogen) atoms. The SMILES string of the molecule is CC(CN)NC(=O)CC1CC2CCC1C2. The van der Waals surface area contributed by atoms with Gasteiger partial charge in [0.25, 0.3) is 0 Å². The van der Waals surface area contributed by atoms with Crippen molar-refractivity contribution in [3.8, 4) is 0 Å². The maximum Gasteiger partial charge on any atom is 0.220 e. The lowest BCUT2D eigenvalue weighted by molar-refractivity contribution is -0.122. The molecule has 2 bridgehead atoms. The number of nitrogens with two attached hydrogens (primary N) is 1. The fourth-order valence-electron chi connectivity index (χ4n) is 3.26. The molecule has 1 amide bonds. The van der Waals surface area contributed by atoms with E-state index in [1.54, 1.807) is 0 Å². The van der Waals surface area contributed by atoms with Crippen molar-refractivity contribution in [3.63, 3.8) is 0 Å². The van der Waals surface area contributed by atoms with Crippen LogP contribution in [0.4, 0.5) is 0 Å². The molecule has 0 aromatic carbocycles.